The zero-order valence-electron chi connectivity index (χ0n) is 16.0. The summed E-state index contributed by atoms with van der Waals surface area (Å²) < 4.78 is 0. The molecule has 1 unspecified atom stereocenters. The molecule has 2 aromatic rings. The van der Waals surface area contributed by atoms with E-state index in [9.17, 15) is 19.2 Å². The highest BCUT2D eigenvalue weighted by Crippen LogP contribution is 2.21. The molecular weight excluding hydrogens is 390 g/mol. The van der Waals surface area contributed by atoms with Crippen molar-refractivity contribution in [3.8, 4) is 0 Å². The molecule has 156 valence electrons. The van der Waals surface area contributed by atoms with Crippen LogP contribution in [0.5, 0.6) is 0 Å². The zero-order valence-corrected chi connectivity index (χ0v) is 16.0. The van der Waals surface area contributed by atoms with E-state index in [0.29, 0.717) is 42.8 Å². The van der Waals surface area contributed by atoms with Crippen molar-refractivity contribution in [1.29, 1.82) is 0 Å². The number of aliphatic imine (C=N–C) groups is 1. The number of H-pyrrole nitrogens is 1. The monoisotopic (exact) mass is 411 g/mol. The smallest absolute Gasteiger partial charge is 0.280 e. The van der Waals surface area contributed by atoms with E-state index in [0.717, 1.165) is 5.69 Å². The van der Waals surface area contributed by atoms with Crippen LogP contribution in [0.1, 0.15) is 23.2 Å². The summed E-state index contributed by atoms with van der Waals surface area (Å²) in [6, 6.07) is 5.97. The molecule has 11 nitrogen and oxygen atoms in total. The van der Waals surface area contributed by atoms with Crippen molar-refractivity contribution in [3.05, 3.63) is 40.2 Å². The maximum atomic E-state index is 12.2. The van der Waals surface area contributed by atoms with Gasteiger partial charge < -0.3 is 31.3 Å². The number of aldehydes is 2. The molecule has 0 spiro atoms. The van der Waals surface area contributed by atoms with Crippen LogP contribution in [0.25, 0.3) is 0 Å². The zero-order chi connectivity index (χ0) is 21.5. The number of hydrogen-bond donors (Lipinski definition) is 5. The predicted octanol–water partition coefficient (Wildman–Crippen LogP) is 0.239. The lowest BCUT2D eigenvalue weighted by Crippen LogP contribution is -2.36. The van der Waals surface area contributed by atoms with Crippen molar-refractivity contribution in [2.24, 2.45) is 4.99 Å². The van der Waals surface area contributed by atoms with Crippen LogP contribution in [-0.2, 0) is 9.59 Å². The van der Waals surface area contributed by atoms with Crippen LogP contribution in [0.4, 0.5) is 23.1 Å². The molecule has 3 rings (SSSR count). The molecule has 1 aliphatic heterocycles. The van der Waals surface area contributed by atoms with E-state index in [1.54, 1.807) is 24.3 Å². The van der Waals surface area contributed by atoms with Crippen LogP contribution in [0, 0.1) is 0 Å². The molecule has 2 heterocycles. The number of hydrogen-bond acceptors (Lipinski definition) is 9. The van der Waals surface area contributed by atoms with E-state index < -0.39 is 17.5 Å². The Labute approximate surface area is 171 Å². The lowest BCUT2D eigenvalue weighted by atomic mass is 10.1. The number of aromatic nitrogens is 2. The van der Waals surface area contributed by atoms with E-state index >= 15 is 0 Å². The first-order chi connectivity index (χ1) is 14.5. The minimum atomic E-state index is -0.701. The van der Waals surface area contributed by atoms with Crippen molar-refractivity contribution < 1.29 is 14.4 Å². The Morgan fingerprint density at radius 2 is 2.03 bits per heavy atom. The van der Waals surface area contributed by atoms with Crippen LogP contribution in [0.2, 0.25) is 0 Å². The number of rotatable bonds is 9. The molecule has 0 saturated carbocycles. The first kappa shape index (κ1) is 20.7. The van der Waals surface area contributed by atoms with Gasteiger partial charge in [0, 0.05) is 17.7 Å². The molecular formula is C19H21N7O4. The van der Waals surface area contributed by atoms with Gasteiger partial charge in [-0.15, -0.1) is 0 Å². The van der Waals surface area contributed by atoms with Gasteiger partial charge in [-0.25, -0.2) is 4.99 Å². The molecule has 1 amide bonds. The number of benzene rings is 1. The first-order valence-electron chi connectivity index (χ1n) is 9.24. The number of nitrogens with one attached hydrogen (secondary N) is 4. The molecule has 30 heavy (non-hydrogen) atoms. The standard InChI is InChI=1S/C19H21N7O4/c20-19-25-16-15(18(30)26-19)23-14(9-22-16)8-21-12-5-3-11(4-6-12)17(29)24-13(10-28)2-1-7-27/h3-7,10,13,21H,1-2,8-9H2,(H,24,29)(H4,20,22,25,26,30). The maximum Gasteiger partial charge on any atom is 0.280 e. The Hall–Kier alpha value is -4.02. The largest absolute Gasteiger partial charge is 0.380 e. The second-order valence-electron chi connectivity index (χ2n) is 6.57. The Morgan fingerprint density at radius 1 is 1.27 bits per heavy atom. The minimum absolute atomic E-state index is 0.0235. The lowest BCUT2D eigenvalue weighted by molar-refractivity contribution is -0.110. The first-order valence-corrected chi connectivity index (χ1v) is 9.24. The number of fused-ring (bicyclic) bond motifs is 1. The number of nitrogens with two attached hydrogens (primary N) is 1. The summed E-state index contributed by atoms with van der Waals surface area (Å²) in [5.41, 5.74) is 7.11. The summed E-state index contributed by atoms with van der Waals surface area (Å²) >= 11 is 0. The van der Waals surface area contributed by atoms with Crippen LogP contribution in [0.15, 0.2) is 34.1 Å². The van der Waals surface area contributed by atoms with Gasteiger partial charge in [0.05, 0.1) is 24.8 Å². The molecule has 0 aliphatic carbocycles. The molecule has 6 N–H and O–H groups in total. The topological polar surface area (TPSA) is 171 Å². The fraction of sp³-hybridized carbons (Fsp3) is 0.263. The van der Waals surface area contributed by atoms with E-state index in [-0.39, 0.29) is 24.5 Å². The Balaban J connectivity index is 1.59. The van der Waals surface area contributed by atoms with Gasteiger partial charge in [0.2, 0.25) is 5.95 Å². The highest BCUT2D eigenvalue weighted by molar-refractivity contribution is 5.98. The Morgan fingerprint density at radius 3 is 2.73 bits per heavy atom. The second-order valence-corrected chi connectivity index (χ2v) is 6.57. The van der Waals surface area contributed by atoms with Gasteiger partial charge in [0.1, 0.15) is 12.6 Å². The molecule has 0 bridgehead atoms. The summed E-state index contributed by atoms with van der Waals surface area (Å²) in [5.74, 6) is -0.0273. The van der Waals surface area contributed by atoms with E-state index in [4.69, 9.17) is 5.73 Å². The SMILES string of the molecule is Nc1nc2c(c(=O)[nH]1)N=C(CNc1ccc(C(=O)NC(C=O)CCC=O)cc1)CN2. The Kier molecular flexibility index (Phi) is 6.53. The van der Waals surface area contributed by atoms with Gasteiger partial charge >= 0.3 is 0 Å². The predicted molar refractivity (Wildman–Crippen MR) is 112 cm³/mol. The highest BCUT2D eigenvalue weighted by atomic mass is 16.2. The number of aromatic amines is 1. The molecule has 1 aliphatic rings. The summed E-state index contributed by atoms with van der Waals surface area (Å²) in [6.45, 7) is 0.783. The van der Waals surface area contributed by atoms with E-state index in [1.807, 2.05) is 0 Å². The third-order valence-electron chi connectivity index (χ3n) is 4.36. The quantitative estimate of drug-likeness (QED) is 0.365. The number of carbonyl (C=O) groups is 3. The van der Waals surface area contributed by atoms with Crippen molar-refractivity contribution in [1.82, 2.24) is 15.3 Å². The van der Waals surface area contributed by atoms with Gasteiger partial charge in [-0.05, 0) is 30.7 Å². The Bertz CT molecular complexity index is 1030. The highest BCUT2D eigenvalue weighted by Gasteiger charge is 2.17. The van der Waals surface area contributed by atoms with Gasteiger partial charge in [0.25, 0.3) is 11.5 Å². The van der Waals surface area contributed by atoms with Crippen LogP contribution < -0.4 is 27.2 Å². The van der Waals surface area contributed by atoms with Crippen molar-refractivity contribution in [3.63, 3.8) is 0 Å². The average molecular weight is 411 g/mol. The van der Waals surface area contributed by atoms with Crippen molar-refractivity contribution in [2.75, 3.05) is 29.5 Å². The number of carbonyl (C=O) groups excluding carboxylic acids is 3. The molecule has 1 aromatic heterocycles. The fourth-order valence-electron chi connectivity index (χ4n) is 2.81. The van der Waals surface area contributed by atoms with Crippen LogP contribution in [-0.4, -0.2) is 53.3 Å². The molecule has 11 heteroatoms. The van der Waals surface area contributed by atoms with Crippen molar-refractivity contribution in [2.45, 2.75) is 18.9 Å². The third kappa shape index (κ3) is 5.07. The summed E-state index contributed by atoms with van der Waals surface area (Å²) in [5, 5.41) is 8.75. The van der Waals surface area contributed by atoms with Gasteiger partial charge in [0.15, 0.2) is 11.5 Å². The van der Waals surface area contributed by atoms with E-state index in [2.05, 4.69) is 30.9 Å². The van der Waals surface area contributed by atoms with Gasteiger partial charge in [-0.1, -0.05) is 0 Å². The third-order valence-corrected chi connectivity index (χ3v) is 4.36. The van der Waals surface area contributed by atoms with Gasteiger partial charge in [-0.2, -0.15) is 4.98 Å². The molecule has 0 fully saturated rings. The number of amides is 1. The van der Waals surface area contributed by atoms with Crippen molar-refractivity contribution >= 4 is 47.3 Å². The maximum absolute atomic E-state index is 12.2. The summed E-state index contributed by atoms with van der Waals surface area (Å²) in [7, 11) is 0. The minimum Gasteiger partial charge on any atom is -0.380 e. The summed E-state index contributed by atoms with van der Waals surface area (Å²) in [6.07, 6.45) is 1.78. The molecule has 0 radical (unpaired) electrons. The summed E-state index contributed by atoms with van der Waals surface area (Å²) in [4.78, 5) is 56.3. The number of nitrogens with zero attached hydrogens (tertiary/aromatic N) is 2. The molecule has 0 saturated heterocycles. The second kappa shape index (κ2) is 9.45. The van der Waals surface area contributed by atoms with Gasteiger partial charge in [-0.3, -0.25) is 14.6 Å². The lowest BCUT2D eigenvalue weighted by Gasteiger charge is -2.17. The van der Waals surface area contributed by atoms with E-state index in [1.165, 1.54) is 0 Å². The molecule has 1 atom stereocenters. The van der Waals surface area contributed by atoms with Crippen LogP contribution >= 0.6 is 0 Å². The number of nitrogen functional groups attached to an aromatic ring is 1. The molecule has 1 aromatic carbocycles. The normalized spacial score (nSPS) is 13.3. The number of anilines is 3. The fourth-order valence-corrected chi connectivity index (χ4v) is 2.81. The average Bonchev–Trinajstić information content (AvgIpc) is 2.75. The van der Waals surface area contributed by atoms with Crippen LogP contribution in [0.3, 0.4) is 0 Å².